The Bertz CT molecular complexity index is 229. The van der Waals surface area contributed by atoms with E-state index in [2.05, 4.69) is 0 Å². The van der Waals surface area contributed by atoms with Crippen molar-refractivity contribution in [2.45, 2.75) is 53.1 Å². The molecule has 0 saturated heterocycles. The minimum absolute atomic E-state index is 0.192. The number of esters is 1. The van der Waals surface area contributed by atoms with Crippen LogP contribution in [0.1, 0.15) is 47.5 Å². The lowest BCUT2D eigenvalue weighted by Crippen LogP contribution is -2.41. The maximum atomic E-state index is 11.9. The number of hydrogen-bond acceptors (Lipinski definition) is 4. The molecule has 17 heavy (non-hydrogen) atoms. The molecular formula is C13H27NO3. The normalized spacial score (nSPS) is 15.4. The maximum Gasteiger partial charge on any atom is 0.313 e. The molecule has 0 aromatic carbocycles. The number of carbonyl (C=O) groups excluding carboxylic acids is 1. The third-order valence-corrected chi connectivity index (χ3v) is 2.89. The van der Waals surface area contributed by atoms with Crippen molar-refractivity contribution in [3.8, 4) is 0 Å². The average Bonchev–Trinajstić information content (AvgIpc) is 2.23. The molecule has 0 saturated carbocycles. The Morgan fingerprint density at radius 2 is 1.82 bits per heavy atom. The van der Waals surface area contributed by atoms with Crippen molar-refractivity contribution in [1.29, 1.82) is 0 Å². The zero-order valence-corrected chi connectivity index (χ0v) is 11.8. The summed E-state index contributed by atoms with van der Waals surface area (Å²) in [4.78, 5) is 11.9. The molecule has 0 heterocycles. The van der Waals surface area contributed by atoms with Crippen LogP contribution in [-0.2, 0) is 14.3 Å². The molecule has 1 atom stereocenters. The van der Waals surface area contributed by atoms with Gasteiger partial charge in [0.25, 0.3) is 0 Å². The van der Waals surface area contributed by atoms with E-state index in [9.17, 15) is 4.79 Å². The second kappa shape index (κ2) is 6.97. The van der Waals surface area contributed by atoms with Crippen LogP contribution in [0.15, 0.2) is 0 Å². The van der Waals surface area contributed by atoms with Crippen LogP contribution in [0.5, 0.6) is 0 Å². The fourth-order valence-electron chi connectivity index (χ4n) is 1.59. The quantitative estimate of drug-likeness (QED) is 0.698. The lowest BCUT2D eigenvalue weighted by Gasteiger charge is -2.30. The summed E-state index contributed by atoms with van der Waals surface area (Å²) in [6.45, 7) is 11.0. The highest BCUT2D eigenvalue weighted by atomic mass is 16.5. The van der Waals surface area contributed by atoms with Crippen molar-refractivity contribution >= 4 is 5.97 Å². The van der Waals surface area contributed by atoms with Gasteiger partial charge in [0.05, 0.1) is 17.6 Å². The molecule has 4 nitrogen and oxygen atoms in total. The first-order valence-corrected chi connectivity index (χ1v) is 6.32. The predicted molar refractivity (Wildman–Crippen MR) is 68.7 cm³/mol. The third-order valence-electron chi connectivity index (χ3n) is 2.89. The van der Waals surface area contributed by atoms with Crippen LogP contribution in [0, 0.1) is 5.41 Å². The minimum Gasteiger partial charge on any atom is -0.466 e. The third kappa shape index (κ3) is 5.50. The lowest BCUT2D eigenvalue weighted by atomic mass is 9.82. The molecule has 0 aromatic rings. The lowest BCUT2D eigenvalue weighted by molar-refractivity contribution is -0.157. The largest absolute Gasteiger partial charge is 0.466 e. The first-order valence-electron chi connectivity index (χ1n) is 6.32. The summed E-state index contributed by atoms with van der Waals surface area (Å²) in [5, 5.41) is 0. The van der Waals surface area contributed by atoms with Crippen molar-refractivity contribution in [3.63, 3.8) is 0 Å². The van der Waals surface area contributed by atoms with Gasteiger partial charge >= 0.3 is 5.97 Å². The molecule has 1 unspecified atom stereocenters. The molecule has 0 spiro atoms. The molecule has 0 aliphatic carbocycles. The fourth-order valence-corrected chi connectivity index (χ4v) is 1.59. The van der Waals surface area contributed by atoms with Crippen LogP contribution in [0.3, 0.4) is 0 Å². The Morgan fingerprint density at radius 3 is 2.18 bits per heavy atom. The van der Waals surface area contributed by atoms with E-state index in [4.69, 9.17) is 15.2 Å². The summed E-state index contributed by atoms with van der Waals surface area (Å²) in [5.41, 5.74) is 4.96. The highest BCUT2D eigenvalue weighted by Gasteiger charge is 2.36. The van der Waals surface area contributed by atoms with Crippen LogP contribution >= 0.6 is 0 Å². The summed E-state index contributed by atoms with van der Waals surface area (Å²) in [6.07, 6.45) is 1.28. The Balaban J connectivity index is 4.46. The molecule has 0 aliphatic rings. The van der Waals surface area contributed by atoms with Crippen LogP contribution in [0.2, 0.25) is 0 Å². The predicted octanol–water partition coefficient (Wildman–Crippen LogP) is 2.11. The second-order valence-electron chi connectivity index (χ2n) is 5.27. The van der Waals surface area contributed by atoms with E-state index in [0.717, 1.165) is 0 Å². The van der Waals surface area contributed by atoms with Gasteiger partial charge in [-0.15, -0.1) is 0 Å². The summed E-state index contributed by atoms with van der Waals surface area (Å²) < 4.78 is 10.8. The van der Waals surface area contributed by atoms with Gasteiger partial charge in [0.2, 0.25) is 0 Å². The molecular weight excluding hydrogens is 218 g/mol. The Kier molecular flexibility index (Phi) is 6.72. The summed E-state index contributed by atoms with van der Waals surface area (Å²) in [7, 11) is 0. The van der Waals surface area contributed by atoms with Crippen LogP contribution in [0.25, 0.3) is 0 Å². The number of carbonyl (C=O) groups is 1. The molecule has 0 fully saturated rings. The summed E-state index contributed by atoms with van der Waals surface area (Å²) >= 11 is 0. The van der Waals surface area contributed by atoms with Gasteiger partial charge in [-0.25, -0.2) is 0 Å². The van der Waals surface area contributed by atoms with E-state index < -0.39 is 5.41 Å². The van der Waals surface area contributed by atoms with Gasteiger partial charge in [-0.2, -0.15) is 0 Å². The van der Waals surface area contributed by atoms with E-state index in [1.165, 1.54) is 0 Å². The van der Waals surface area contributed by atoms with E-state index >= 15 is 0 Å². The Hall–Kier alpha value is -0.610. The van der Waals surface area contributed by atoms with E-state index in [1.807, 2.05) is 27.7 Å². The number of nitrogens with two attached hydrogens (primary N) is 1. The van der Waals surface area contributed by atoms with E-state index in [0.29, 0.717) is 32.6 Å². The van der Waals surface area contributed by atoms with Gasteiger partial charge < -0.3 is 15.2 Å². The van der Waals surface area contributed by atoms with Crippen molar-refractivity contribution in [2.24, 2.45) is 11.1 Å². The number of ether oxygens (including phenoxy) is 2. The summed E-state index contributed by atoms with van der Waals surface area (Å²) in [6, 6.07) is 0. The van der Waals surface area contributed by atoms with Gasteiger partial charge in [0.1, 0.15) is 0 Å². The zero-order valence-electron chi connectivity index (χ0n) is 11.8. The van der Waals surface area contributed by atoms with E-state index in [1.54, 1.807) is 6.92 Å². The average molecular weight is 245 g/mol. The number of rotatable bonds is 7. The van der Waals surface area contributed by atoms with Crippen molar-refractivity contribution < 1.29 is 14.3 Å². The van der Waals surface area contributed by atoms with Gasteiger partial charge in [0.15, 0.2) is 0 Å². The molecule has 0 radical (unpaired) electrons. The van der Waals surface area contributed by atoms with Crippen LogP contribution in [-0.4, -0.2) is 31.3 Å². The van der Waals surface area contributed by atoms with Crippen LogP contribution < -0.4 is 5.73 Å². The fraction of sp³-hybridized carbons (Fsp3) is 0.923. The number of hydrogen-bond donors (Lipinski definition) is 1. The maximum absolute atomic E-state index is 11.9. The Labute approximate surface area is 105 Å². The van der Waals surface area contributed by atoms with Crippen molar-refractivity contribution in [1.82, 2.24) is 0 Å². The van der Waals surface area contributed by atoms with Gasteiger partial charge in [-0.3, -0.25) is 4.79 Å². The Morgan fingerprint density at radius 1 is 1.24 bits per heavy atom. The van der Waals surface area contributed by atoms with Gasteiger partial charge in [0, 0.05) is 13.2 Å². The van der Waals surface area contributed by atoms with Crippen molar-refractivity contribution in [2.75, 3.05) is 19.8 Å². The molecule has 102 valence electrons. The minimum atomic E-state index is -0.596. The topological polar surface area (TPSA) is 61.5 Å². The first-order chi connectivity index (χ1) is 7.81. The molecule has 0 rings (SSSR count). The molecule has 0 aromatic heterocycles. The smallest absolute Gasteiger partial charge is 0.313 e. The monoisotopic (exact) mass is 245 g/mol. The molecule has 0 bridgehead atoms. The summed E-state index contributed by atoms with van der Waals surface area (Å²) in [5.74, 6) is -0.206. The second-order valence-corrected chi connectivity index (χ2v) is 5.27. The van der Waals surface area contributed by atoms with E-state index in [-0.39, 0.29) is 11.6 Å². The standard InChI is InChI=1S/C13H27NO3/c1-6-13(10-14,11(15)16-7-2)8-9-17-12(3,4)5/h6-10,14H2,1-5H3. The van der Waals surface area contributed by atoms with Gasteiger partial charge in [-0.1, -0.05) is 6.92 Å². The molecule has 4 heteroatoms. The highest BCUT2D eigenvalue weighted by molar-refractivity contribution is 5.77. The highest BCUT2D eigenvalue weighted by Crippen LogP contribution is 2.28. The SMILES string of the molecule is CCOC(=O)C(CC)(CN)CCOC(C)(C)C. The van der Waals surface area contributed by atoms with Crippen molar-refractivity contribution in [3.05, 3.63) is 0 Å². The van der Waals surface area contributed by atoms with Crippen LogP contribution in [0.4, 0.5) is 0 Å². The zero-order chi connectivity index (χ0) is 13.5. The first kappa shape index (κ1) is 16.4. The molecule has 2 N–H and O–H groups in total. The molecule has 0 amide bonds. The molecule has 0 aliphatic heterocycles. The van der Waals surface area contributed by atoms with Gasteiger partial charge in [-0.05, 0) is 40.5 Å².